The molecule has 0 aromatic carbocycles. The van der Waals surface area contributed by atoms with Gasteiger partial charge in [-0.15, -0.1) is 0 Å². The largest absolute Gasteiger partial charge is 0.481 e. The lowest BCUT2D eigenvalue weighted by Crippen LogP contribution is -2.35. The van der Waals surface area contributed by atoms with Gasteiger partial charge in [0.1, 0.15) is 0 Å². The number of piperidine rings is 1. The van der Waals surface area contributed by atoms with Gasteiger partial charge in [0.15, 0.2) is 0 Å². The van der Waals surface area contributed by atoms with Gasteiger partial charge < -0.3 is 10.0 Å². The van der Waals surface area contributed by atoms with Gasteiger partial charge in [0.05, 0.1) is 5.92 Å². The molecule has 1 fully saturated rings. The number of carbonyl (C=O) groups is 1. The Balaban J connectivity index is 2.46. The Morgan fingerprint density at radius 3 is 2.46 bits per heavy atom. The summed E-state index contributed by atoms with van der Waals surface area (Å²) >= 11 is 0. The number of carboxylic acids is 1. The van der Waals surface area contributed by atoms with Gasteiger partial charge in [0, 0.05) is 0 Å². The van der Waals surface area contributed by atoms with Gasteiger partial charge in [0.2, 0.25) is 0 Å². The van der Waals surface area contributed by atoms with Gasteiger partial charge >= 0.3 is 5.97 Å². The number of likely N-dealkylation sites (tertiary alicyclic amines) is 1. The lowest BCUT2D eigenvalue weighted by atomic mass is 9.83. The molecule has 0 spiro atoms. The highest BCUT2D eigenvalue weighted by Gasteiger charge is 2.28. The second kappa shape index (κ2) is 4.61. The van der Waals surface area contributed by atoms with Crippen LogP contribution in [0.25, 0.3) is 0 Å². The lowest BCUT2D eigenvalue weighted by Gasteiger charge is -2.32. The van der Waals surface area contributed by atoms with Gasteiger partial charge in [-0.3, -0.25) is 4.79 Å². The molecular weight excluding hydrogens is 166 g/mol. The maximum atomic E-state index is 10.9. The molecule has 3 heteroatoms. The summed E-state index contributed by atoms with van der Waals surface area (Å²) in [6, 6.07) is 0. The maximum Gasteiger partial charge on any atom is 0.306 e. The molecule has 0 aromatic heterocycles. The SMILES string of the molecule is CCC(C(=O)O)C1CCN(C)CC1. The predicted molar refractivity (Wildman–Crippen MR) is 51.6 cm³/mol. The van der Waals surface area contributed by atoms with E-state index in [-0.39, 0.29) is 5.92 Å². The van der Waals surface area contributed by atoms with Gasteiger partial charge in [0.25, 0.3) is 0 Å². The first kappa shape index (κ1) is 10.5. The maximum absolute atomic E-state index is 10.9. The number of nitrogens with zero attached hydrogens (tertiary/aromatic N) is 1. The van der Waals surface area contributed by atoms with Gasteiger partial charge in [-0.05, 0) is 45.3 Å². The zero-order valence-electron chi connectivity index (χ0n) is 8.49. The number of hydrogen-bond acceptors (Lipinski definition) is 2. The van der Waals surface area contributed by atoms with E-state index in [9.17, 15) is 4.79 Å². The summed E-state index contributed by atoms with van der Waals surface area (Å²) in [5.41, 5.74) is 0. The monoisotopic (exact) mass is 185 g/mol. The second-order valence-electron chi connectivity index (χ2n) is 3.99. The first-order valence-corrected chi connectivity index (χ1v) is 5.06. The van der Waals surface area contributed by atoms with E-state index in [1.165, 1.54) is 0 Å². The summed E-state index contributed by atoms with van der Waals surface area (Å²) in [7, 11) is 2.10. The lowest BCUT2D eigenvalue weighted by molar-refractivity contribution is -0.144. The molecule has 1 rings (SSSR count). The summed E-state index contributed by atoms with van der Waals surface area (Å²) in [6.07, 6.45) is 2.85. The van der Waals surface area contributed by atoms with E-state index in [1.54, 1.807) is 0 Å². The highest BCUT2D eigenvalue weighted by atomic mass is 16.4. The Morgan fingerprint density at radius 2 is 2.08 bits per heavy atom. The van der Waals surface area contributed by atoms with Crippen LogP contribution >= 0.6 is 0 Å². The van der Waals surface area contributed by atoms with Crippen molar-refractivity contribution < 1.29 is 9.90 Å². The van der Waals surface area contributed by atoms with Crippen LogP contribution in [0.1, 0.15) is 26.2 Å². The fourth-order valence-corrected chi connectivity index (χ4v) is 2.14. The Labute approximate surface area is 79.7 Å². The summed E-state index contributed by atoms with van der Waals surface area (Å²) in [5.74, 6) is -0.329. The molecule has 0 bridgehead atoms. The van der Waals surface area contributed by atoms with Crippen molar-refractivity contribution >= 4 is 5.97 Å². The molecule has 0 aliphatic carbocycles. The Hall–Kier alpha value is -0.570. The first-order chi connectivity index (χ1) is 6.15. The third-order valence-electron chi connectivity index (χ3n) is 3.09. The van der Waals surface area contributed by atoms with E-state index in [0.717, 1.165) is 32.4 Å². The van der Waals surface area contributed by atoms with Crippen molar-refractivity contribution in [3.8, 4) is 0 Å². The van der Waals surface area contributed by atoms with Crippen LogP contribution in [0.2, 0.25) is 0 Å². The van der Waals surface area contributed by atoms with E-state index in [0.29, 0.717) is 5.92 Å². The highest BCUT2D eigenvalue weighted by molar-refractivity contribution is 5.70. The van der Waals surface area contributed by atoms with Gasteiger partial charge in [-0.25, -0.2) is 0 Å². The third-order valence-corrected chi connectivity index (χ3v) is 3.09. The van der Waals surface area contributed by atoms with Crippen molar-refractivity contribution in [2.75, 3.05) is 20.1 Å². The molecule has 1 saturated heterocycles. The molecule has 1 N–H and O–H groups in total. The number of hydrogen-bond donors (Lipinski definition) is 1. The van der Waals surface area contributed by atoms with Crippen LogP contribution in [0.3, 0.4) is 0 Å². The molecule has 76 valence electrons. The summed E-state index contributed by atoms with van der Waals surface area (Å²) in [5, 5.41) is 8.98. The minimum Gasteiger partial charge on any atom is -0.481 e. The fourth-order valence-electron chi connectivity index (χ4n) is 2.14. The minimum atomic E-state index is -0.614. The summed E-state index contributed by atoms with van der Waals surface area (Å²) in [6.45, 7) is 4.07. The normalized spacial score (nSPS) is 22.9. The second-order valence-corrected chi connectivity index (χ2v) is 3.99. The van der Waals surface area contributed by atoms with Gasteiger partial charge in [-0.1, -0.05) is 6.92 Å². The standard InChI is InChI=1S/C10H19NO2/c1-3-9(10(12)13)8-4-6-11(2)7-5-8/h8-9H,3-7H2,1-2H3,(H,12,13). The molecule has 1 atom stereocenters. The van der Waals surface area contributed by atoms with E-state index < -0.39 is 5.97 Å². The topological polar surface area (TPSA) is 40.5 Å². The molecule has 0 saturated carbocycles. The molecular formula is C10H19NO2. The Bertz CT molecular complexity index is 174. The van der Waals surface area contributed by atoms with E-state index in [2.05, 4.69) is 11.9 Å². The van der Waals surface area contributed by atoms with Gasteiger partial charge in [-0.2, -0.15) is 0 Å². The summed E-state index contributed by atoms with van der Waals surface area (Å²) < 4.78 is 0. The van der Waals surface area contributed by atoms with Crippen molar-refractivity contribution in [3.63, 3.8) is 0 Å². The molecule has 13 heavy (non-hydrogen) atoms. The molecule has 1 unspecified atom stereocenters. The van der Waals surface area contributed by atoms with Crippen molar-refractivity contribution in [2.24, 2.45) is 11.8 Å². The van der Waals surface area contributed by atoms with Crippen molar-refractivity contribution in [1.82, 2.24) is 4.90 Å². The molecule has 0 amide bonds. The van der Waals surface area contributed by atoms with Crippen LogP contribution in [0.4, 0.5) is 0 Å². The molecule has 0 aromatic rings. The average Bonchev–Trinajstić information content (AvgIpc) is 2.09. The van der Waals surface area contributed by atoms with Crippen molar-refractivity contribution in [3.05, 3.63) is 0 Å². The molecule has 1 aliphatic heterocycles. The Morgan fingerprint density at radius 1 is 1.54 bits per heavy atom. The van der Waals surface area contributed by atoms with Crippen LogP contribution in [0.5, 0.6) is 0 Å². The quantitative estimate of drug-likeness (QED) is 0.723. The van der Waals surface area contributed by atoms with Crippen LogP contribution < -0.4 is 0 Å². The minimum absolute atomic E-state index is 0.117. The van der Waals surface area contributed by atoms with E-state index in [1.807, 2.05) is 6.92 Å². The average molecular weight is 185 g/mol. The van der Waals surface area contributed by atoms with Crippen LogP contribution in [-0.4, -0.2) is 36.1 Å². The third kappa shape index (κ3) is 2.69. The molecule has 1 heterocycles. The zero-order valence-corrected chi connectivity index (χ0v) is 8.49. The molecule has 1 aliphatic rings. The van der Waals surface area contributed by atoms with Crippen LogP contribution in [0, 0.1) is 11.8 Å². The van der Waals surface area contributed by atoms with Crippen LogP contribution in [0.15, 0.2) is 0 Å². The molecule has 0 radical (unpaired) electrons. The highest BCUT2D eigenvalue weighted by Crippen LogP contribution is 2.26. The number of rotatable bonds is 3. The Kier molecular flexibility index (Phi) is 3.72. The summed E-state index contributed by atoms with van der Waals surface area (Å²) in [4.78, 5) is 13.2. The smallest absolute Gasteiger partial charge is 0.306 e. The first-order valence-electron chi connectivity index (χ1n) is 5.06. The zero-order chi connectivity index (χ0) is 9.84. The van der Waals surface area contributed by atoms with Crippen molar-refractivity contribution in [1.29, 1.82) is 0 Å². The van der Waals surface area contributed by atoms with Crippen LogP contribution in [-0.2, 0) is 4.79 Å². The number of carboxylic acid groups (broad SMARTS) is 1. The van der Waals surface area contributed by atoms with E-state index in [4.69, 9.17) is 5.11 Å². The van der Waals surface area contributed by atoms with Crippen molar-refractivity contribution in [2.45, 2.75) is 26.2 Å². The molecule has 3 nitrogen and oxygen atoms in total. The fraction of sp³-hybridized carbons (Fsp3) is 0.900. The van der Waals surface area contributed by atoms with E-state index >= 15 is 0 Å². The predicted octanol–water partition coefficient (Wildman–Crippen LogP) is 1.44. The number of aliphatic carboxylic acids is 1.